The van der Waals surface area contributed by atoms with Crippen LogP contribution in [0.2, 0.25) is 0 Å². The number of ether oxygens (including phenoxy) is 2. The molecular weight excluding hydrogens is 504 g/mol. The molecule has 1 saturated heterocycles. The van der Waals surface area contributed by atoms with Crippen molar-refractivity contribution in [3.63, 3.8) is 0 Å². The molecule has 0 bridgehead atoms. The molecule has 1 aliphatic heterocycles. The standard InChI is InChI=1S/C17H26N2O15S/c1-3-4-31-18-5-8(21)11(22)15(14(25)16(26)27)34-17-10(19-7(2)20)13(24)12(23)9(33-17)6-32-35(28,29)30/h1,5,8-15,17,21-25H,4,6H2,2H3,(H,19,20)(H,26,27)(H,28,29,30)/b18-5-/t8?,9?,10?,11?,12-,13?,14?,15+,17+/m1/s1. The molecular formula is C17H26N2O15S. The van der Waals surface area contributed by atoms with Gasteiger partial charge in [-0.3, -0.25) is 9.35 Å². The second-order valence-corrected chi connectivity index (χ2v) is 8.15. The van der Waals surface area contributed by atoms with Crippen LogP contribution >= 0.6 is 0 Å². The van der Waals surface area contributed by atoms with Crippen LogP contribution in [-0.4, -0.2) is 130 Å². The monoisotopic (exact) mass is 530 g/mol. The molecule has 35 heavy (non-hydrogen) atoms. The van der Waals surface area contributed by atoms with Gasteiger partial charge in [0.15, 0.2) is 19.0 Å². The molecule has 17 nitrogen and oxygen atoms in total. The Bertz CT molecular complexity index is 890. The summed E-state index contributed by atoms with van der Waals surface area (Å²) in [7, 11) is -5.01. The molecule has 0 aromatic heterocycles. The van der Waals surface area contributed by atoms with Gasteiger partial charge in [-0.05, 0) is 0 Å². The van der Waals surface area contributed by atoms with Gasteiger partial charge < -0.3 is 50.3 Å². The zero-order chi connectivity index (χ0) is 26.9. The molecule has 1 amide bonds. The molecule has 1 aliphatic rings. The van der Waals surface area contributed by atoms with Crippen molar-refractivity contribution < 1.29 is 71.7 Å². The molecule has 9 atom stereocenters. The first-order valence-corrected chi connectivity index (χ1v) is 11.0. The van der Waals surface area contributed by atoms with Crippen molar-refractivity contribution in [3.8, 4) is 12.3 Å². The lowest BCUT2D eigenvalue weighted by molar-refractivity contribution is -0.297. The summed E-state index contributed by atoms with van der Waals surface area (Å²) in [5.41, 5.74) is 0. The van der Waals surface area contributed by atoms with E-state index in [1.54, 1.807) is 0 Å². The van der Waals surface area contributed by atoms with Gasteiger partial charge in [0.2, 0.25) is 5.91 Å². The van der Waals surface area contributed by atoms with E-state index in [4.69, 9.17) is 20.4 Å². The molecule has 0 aromatic rings. The van der Waals surface area contributed by atoms with Crippen LogP contribution in [0.1, 0.15) is 6.92 Å². The van der Waals surface area contributed by atoms with Gasteiger partial charge in [-0.1, -0.05) is 11.1 Å². The largest absolute Gasteiger partial charge is 0.479 e. The fourth-order valence-electron chi connectivity index (χ4n) is 2.83. The van der Waals surface area contributed by atoms with Crippen molar-refractivity contribution in [2.45, 2.75) is 62.0 Å². The molecule has 6 unspecified atom stereocenters. The van der Waals surface area contributed by atoms with E-state index in [0.717, 1.165) is 6.92 Å². The second-order valence-electron chi connectivity index (χ2n) is 7.06. The Labute approximate surface area is 198 Å². The van der Waals surface area contributed by atoms with E-state index in [1.165, 1.54) is 0 Å². The SMILES string of the molecule is C#CCO/N=C\C(O)C(O)[C@H](O[C@@H]1OC(COS(=O)(=O)O)[C@@H](O)C(O)C1NC(C)=O)C(O)C(=O)O. The van der Waals surface area contributed by atoms with Crippen molar-refractivity contribution in [3.05, 3.63) is 0 Å². The lowest BCUT2D eigenvalue weighted by atomic mass is 9.96. The maximum atomic E-state index is 11.6. The Morgan fingerprint density at radius 2 is 1.89 bits per heavy atom. The minimum Gasteiger partial charge on any atom is -0.479 e. The number of rotatable bonds is 13. The summed E-state index contributed by atoms with van der Waals surface area (Å²) in [6.07, 6.45) is -11.1. The van der Waals surface area contributed by atoms with Gasteiger partial charge in [-0.2, -0.15) is 8.42 Å². The van der Waals surface area contributed by atoms with Gasteiger partial charge in [0.25, 0.3) is 0 Å². The normalized spacial score (nSPS) is 28.5. The van der Waals surface area contributed by atoms with Crippen molar-refractivity contribution >= 4 is 28.5 Å². The number of nitrogens with zero attached hydrogens (tertiary/aromatic N) is 1. The van der Waals surface area contributed by atoms with Gasteiger partial charge in [-0.15, -0.1) is 6.42 Å². The minimum atomic E-state index is -5.01. The maximum absolute atomic E-state index is 11.6. The van der Waals surface area contributed by atoms with Crippen molar-refractivity contribution in [2.75, 3.05) is 13.2 Å². The third kappa shape index (κ3) is 9.61. The Morgan fingerprint density at radius 1 is 1.26 bits per heavy atom. The molecule has 200 valence electrons. The van der Waals surface area contributed by atoms with Gasteiger partial charge in [-0.25, -0.2) is 8.98 Å². The van der Waals surface area contributed by atoms with Crippen LogP contribution in [0.25, 0.3) is 0 Å². The summed E-state index contributed by atoms with van der Waals surface area (Å²) < 4.78 is 45.0. The first-order valence-electron chi connectivity index (χ1n) is 9.61. The number of carbonyl (C=O) groups excluding carboxylic acids is 1. The predicted molar refractivity (Wildman–Crippen MR) is 110 cm³/mol. The van der Waals surface area contributed by atoms with Crippen LogP contribution in [0, 0.1) is 12.3 Å². The number of amides is 1. The summed E-state index contributed by atoms with van der Waals surface area (Å²) in [6, 6.07) is -1.66. The number of terminal acetylenes is 1. The molecule has 0 saturated carbocycles. The average molecular weight is 530 g/mol. The molecule has 0 radical (unpaired) electrons. The minimum absolute atomic E-state index is 0.307. The number of nitrogens with one attached hydrogen (secondary N) is 1. The highest BCUT2D eigenvalue weighted by Crippen LogP contribution is 2.26. The number of aliphatic hydroxyl groups is 5. The highest BCUT2D eigenvalue weighted by atomic mass is 32.3. The van der Waals surface area contributed by atoms with E-state index in [1.807, 2.05) is 0 Å². The highest BCUT2D eigenvalue weighted by Gasteiger charge is 2.49. The van der Waals surface area contributed by atoms with E-state index < -0.39 is 83.9 Å². The van der Waals surface area contributed by atoms with Crippen molar-refractivity contribution in [1.29, 1.82) is 0 Å². The number of hydrogen-bond donors (Lipinski definition) is 8. The highest BCUT2D eigenvalue weighted by molar-refractivity contribution is 7.80. The Kier molecular flexibility index (Phi) is 11.9. The number of carboxylic acids is 1. The van der Waals surface area contributed by atoms with Crippen molar-refractivity contribution in [1.82, 2.24) is 5.32 Å². The zero-order valence-electron chi connectivity index (χ0n) is 18.0. The van der Waals surface area contributed by atoms with E-state index in [-0.39, 0.29) is 6.61 Å². The molecule has 1 fully saturated rings. The van der Waals surface area contributed by atoms with E-state index in [9.17, 15) is 48.6 Å². The van der Waals surface area contributed by atoms with Crippen LogP contribution in [0.5, 0.6) is 0 Å². The fourth-order valence-corrected chi connectivity index (χ4v) is 3.13. The lowest BCUT2D eigenvalue weighted by Gasteiger charge is -2.44. The Balaban J connectivity index is 3.23. The Hall–Kier alpha value is -2.44. The quantitative estimate of drug-likeness (QED) is 0.0364. The fraction of sp³-hybridized carbons (Fsp3) is 0.706. The number of hydrogen-bond acceptors (Lipinski definition) is 14. The zero-order valence-corrected chi connectivity index (χ0v) is 18.8. The van der Waals surface area contributed by atoms with Crippen LogP contribution in [0.3, 0.4) is 0 Å². The molecule has 8 N–H and O–H groups in total. The summed E-state index contributed by atoms with van der Waals surface area (Å²) in [5, 5.41) is 65.6. The van der Waals surface area contributed by atoms with E-state index in [0.29, 0.717) is 6.21 Å². The smallest absolute Gasteiger partial charge is 0.397 e. The predicted octanol–water partition coefficient (Wildman–Crippen LogP) is -5.05. The summed E-state index contributed by atoms with van der Waals surface area (Å²) in [5.74, 6) is -0.671. The maximum Gasteiger partial charge on any atom is 0.397 e. The first kappa shape index (κ1) is 30.6. The molecule has 0 aliphatic carbocycles. The summed E-state index contributed by atoms with van der Waals surface area (Å²) in [4.78, 5) is 27.4. The average Bonchev–Trinajstić information content (AvgIpc) is 2.76. The lowest BCUT2D eigenvalue weighted by Crippen LogP contribution is -2.66. The van der Waals surface area contributed by atoms with E-state index in [2.05, 4.69) is 25.4 Å². The molecule has 1 rings (SSSR count). The third-order valence-electron chi connectivity index (χ3n) is 4.43. The second kappa shape index (κ2) is 13.6. The summed E-state index contributed by atoms with van der Waals surface area (Å²) >= 11 is 0. The van der Waals surface area contributed by atoms with Gasteiger partial charge in [0.1, 0.15) is 42.7 Å². The molecule has 0 aromatic carbocycles. The first-order chi connectivity index (χ1) is 16.2. The van der Waals surface area contributed by atoms with Crippen molar-refractivity contribution in [2.24, 2.45) is 5.16 Å². The Morgan fingerprint density at radius 3 is 2.40 bits per heavy atom. The third-order valence-corrected chi connectivity index (χ3v) is 4.86. The molecule has 0 spiro atoms. The van der Waals surface area contributed by atoms with Crippen LogP contribution in [0.4, 0.5) is 0 Å². The van der Waals surface area contributed by atoms with E-state index >= 15 is 0 Å². The van der Waals surface area contributed by atoms with Crippen LogP contribution in [0.15, 0.2) is 5.16 Å². The molecule has 18 heteroatoms. The number of carbonyl (C=O) groups is 2. The summed E-state index contributed by atoms with van der Waals surface area (Å²) in [6.45, 7) is -0.378. The van der Waals surface area contributed by atoms with Gasteiger partial charge >= 0.3 is 16.4 Å². The molecule has 1 heterocycles. The van der Waals surface area contributed by atoms with Gasteiger partial charge in [0, 0.05) is 6.92 Å². The van der Waals surface area contributed by atoms with Crippen LogP contribution in [-0.2, 0) is 38.5 Å². The number of aliphatic hydroxyl groups excluding tert-OH is 5. The topological polar surface area (TPSA) is 271 Å². The number of carboxylic acid groups (broad SMARTS) is 1. The van der Waals surface area contributed by atoms with Gasteiger partial charge in [0.05, 0.1) is 12.8 Å². The van der Waals surface area contributed by atoms with Crippen LogP contribution < -0.4 is 5.32 Å². The number of aliphatic carboxylic acids is 1. The number of oxime groups is 1.